The fraction of sp³-hybridized carbons (Fsp3) is 0. The predicted molar refractivity (Wildman–Crippen MR) is 309 cm³/mol. The van der Waals surface area contributed by atoms with Gasteiger partial charge in [-0.3, -0.25) is 9.97 Å². The third-order valence-corrected chi connectivity index (χ3v) is 14.8. The van der Waals surface area contributed by atoms with Crippen LogP contribution in [0.3, 0.4) is 0 Å². The zero-order chi connectivity index (χ0) is 49.0. The van der Waals surface area contributed by atoms with Crippen molar-refractivity contribution in [3.8, 4) is 89.3 Å². The molecule has 0 radical (unpaired) electrons. The van der Waals surface area contributed by atoms with Gasteiger partial charge in [0.05, 0.1) is 22.1 Å². The van der Waals surface area contributed by atoms with Crippen molar-refractivity contribution >= 4 is 43.6 Å². The van der Waals surface area contributed by atoms with Crippen LogP contribution in [0.2, 0.25) is 0 Å². The number of hydrogen-bond acceptors (Lipinski definition) is 2. The van der Waals surface area contributed by atoms with Crippen LogP contribution < -0.4 is 0 Å². The Balaban J connectivity index is 0.829. The quantitative estimate of drug-likeness (QED) is 0.145. The normalized spacial score (nSPS) is 11.5. The van der Waals surface area contributed by atoms with Gasteiger partial charge in [0.25, 0.3) is 0 Å². The Morgan fingerprint density at radius 3 is 0.770 bits per heavy atom. The summed E-state index contributed by atoms with van der Waals surface area (Å²) in [5.41, 5.74) is 23.0. The van der Waals surface area contributed by atoms with Gasteiger partial charge in [0.15, 0.2) is 0 Å². The Labute approximate surface area is 429 Å². The van der Waals surface area contributed by atoms with E-state index in [4.69, 9.17) is 0 Å². The zero-order valence-electron chi connectivity index (χ0n) is 40.3. The van der Waals surface area contributed by atoms with Gasteiger partial charge in [-0.15, -0.1) is 0 Å². The van der Waals surface area contributed by atoms with Crippen LogP contribution in [0.4, 0.5) is 0 Å². The minimum atomic E-state index is 1.06. The molecule has 0 spiro atoms. The average Bonchev–Trinajstić information content (AvgIpc) is 4.02. The molecule has 0 atom stereocenters. The maximum absolute atomic E-state index is 4.68. The van der Waals surface area contributed by atoms with E-state index in [1.54, 1.807) is 0 Å². The van der Waals surface area contributed by atoms with E-state index in [-0.39, 0.29) is 0 Å². The maximum atomic E-state index is 4.68. The van der Waals surface area contributed by atoms with Crippen LogP contribution in [-0.4, -0.2) is 19.1 Å². The highest BCUT2D eigenvalue weighted by atomic mass is 15.0. The second-order valence-corrected chi connectivity index (χ2v) is 19.0. The Morgan fingerprint density at radius 1 is 0.216 bits per heavy atom. The summed E-state index contributed by atoms with van der Waals surface area (Å²) in [6.45, 7) is 0. The molecule has 0 aliphatic carbocycles. The van der Waals surface area contributed by atoms with E-state index >= 15 is 0 Å². The molecule has 14 rings (SSSR count). The van der Waals surface area contributed by atoms with Crippen LogP contribution in [0.5, 0.6) is 0 Å². The van der Waals surface area contributed by atoms with Crippen LogP contribution in [0.25, 0.3) is 133 Å². The van der Waals surface area contributed by atoms with Gasteiger partial charge >= 0.3 is 0 Å². The van der Waals surface area contributed by atoms with Crippen LogP contribution in [-0.2, 0) is 0 Å². The first-order valence-corrected chi connectivity index (χ1v) is 25.2. The molecule has 14 aromatic rings. The molecule has 4 nitrogen and oxygen atoms in total. The molecular weight excluding hydrogens is 897 g/mol. The van der Waals surface area contributed by atoms with Gasteiger partial charge in [0.1, 0.15) is 0 Å². The van der Waals surface area contributed by atoms with E-state index in [0.29, 0.717) is 0 Å². The highest BCUT2D eigenvalue weighted by Gasteiger charge is 2.19. The van der Waals surface area contributed by atoms with Crippen LogP contribution in [0, 0.1) is 0 Å². The Bertz CT molecular complexity index is 3890. The van der Waals surface area contributed by atoms with Crippen molar-refractivity contribution in [2.24, 2.45) is 0 Å². The van der Waals surface area contributed by atoms with Crippen LogP contribution in [0.15, 0.2) is 280 Å². The number of hydrogen-bond donors (Lipinski definition) is 0. The van der Waals surface area contributed by atoms with E-state index in [1.165, 1.54) is 88.1 Å². The lowest BCUT2D eigenvalue weighted by Crippen LogP contribution is -1.95. The van der Waals surface area contributed by atoms with Gasteiger partial charge < -0.3 is 9.13 Å². The van der Waals surface area contributed by atoms with Crippen molar-refractivity contribution in [3.05, 3.63) is 280 Å². The lowest BCUT2D eigenvalue weighted by Gasteiger charge is -2.15. The summed E-state index contributed by atoms with van der Waals surface area (Å²) >= 11 is 0. The fourth-order valence-corrected chi connectivity index (χ4v) is 11.1. The highest BCUT2D eigenvalue weighted by Crippen LogP contribution is 2.42. The molecule has 0 aliphatic rings. The van der Waals surface area contributed by atoms with E-state index in [2.05, 4.69) is 274 Å². The number of fused-ring (bicyclic) bond motifs is 6. The van der Waals surface area contributed by atoms with Gasteiger partial charge in [-0.2, -0.15) is 0 Å². The van der Waals surface area contributed by atoms with Crippen molar-refractivity contribution in [2.45, 2.75) is 0 Å². The topological polar surface area (TPSA) is 35.6 Å². The summed E-state index contributed by atoms with van der Waals surface area (Å²) in [6, 6.07) is 92.2. The molecule has 4 heteroatoms. The van der Waals surface area contributed by atoms with Crippen molar-refractivity contribution in [1.29, 1.82) is 0 Å². The zero-order valence-corrected chi connectivity index (χ0v) is 40.3. The molecule has 0 amide bonds. The third-order valence-electron chi connectivity index (χ3n) is 14.8. The molecule has 0 unspecified atom stereocenters. The molecule has 4 heterocycles. The van der Waals surface area contributed by atoms with E-state index < -0.39 is 0 Å². The van der Waals surface area contributed by atoms with Gasteiger partial charge in [0, 0.05) is 68.8 Å². The Kier molecular flexibility index (Phi) is 10.5. The minimum absolute atomic E-state index is 1.06. The molecule has 0 bridgehead atoms. The lowest BCUT2D eigenvalue weighted by molar-refractivity contribution is 1.18. The summed E-state index contributed by atoms with van der Waals surface area (Å²) < 4.78 is 4.80. The molecule has 0 fully saturated rings. The molecule has 10 aromatic carbocycles. The van der Waals surface area contributed by atoms with E-state index in [1.807, 2.05) is 24.8 Å². The van der Waals surface area contributed by atoms with Gasteiger partial charge in [-0.05, 0) is 152 Å². The minimum Gasteiger partial charge on any atom is -0.309 e. The van der Waals surface area contributed by atoms with Crippen LogP contribution in [0.1, 0.15) is 0 Å². The standard InChI is InChI=1S/C70H46N4/c1-5-13-47(14-6-1)53-25-33-67-61(41-53)62-42-54(48-15-7-2-8-16-48)26-34-68(62)73(67)57-29-21-51(22-30-57)65-45-71-39-37-59(65)60-38-40-72-46-66(60)52-23-31-58(32-24-52)74-69-35-27-55(49-17-9-3-10-18-49)43-63(69)64-44-56(28-36-70(64)74)50-19-11-4-12-20-50/h1-46H. The summed E-state index contributed by atoms with van der Waals surface area (Å²) in [7, 11) is 0. The molecule has 346 valence electrons. The van der Waals surface area contributed by atoms with Gasteiger partial charge in [0.2, 0.25) is 0 Å². The molecule has 4 aromatic heterocycles. The number of rotatable bonds is 9. The first kappa shape index (κ1) is 42.9. The molecule has 0 N–H and O–H groups in total. The van der Waals surface area contributed by atoms with Crippen molar-refractivity contribution in [2.75, 3.05) is 0 Å². The third kappa shape index (κ3) is 7.48. The number of aromatic nitrogens is 4. The molecule has 0 saturated carbocycles. The second kappa shape index (κ2) is 18.1. The molecule has 0 aliphatic heterocycles. The van der Waals surface area contributed by atoms with Gasteiger partial charge in [-0.1, -0.05) is 170 Å². The molecule has 74 heavy (non-hydrogen) atoms. The largest absolute Gasteiger partial charge is 0.309 e. The van der Waals surface area contributed by atoms with E-state index in [0.717, 1.165) is 44.8 Å². The average molecular weight is 943 g/mol. The van der Waals surface area contributed by atoms with Crippen molar-refractivity contribution in [1.82, 2.24) is 19.1 Å². The number of pyridine rings is 2. The highest BCUT2D eigenvalue weighted by molar-refractivity contribution is 6.13. The summed E-state index contributed by atoms with van der Waals surface area (Å²) in [4.78, 5) is 9.36. The van der Waals surface area contributed by atoms with Gasteiger partial charge in [-0.25, -0.2) is 0 Å². The van der Waals surface area contributed by atoms with Crippen molar-refractivity contribution < 1.29 is 0 Å². The monoisotopic (exact) mass is 942 g/mol. The second-order valence-electron chi connectivity index (χ2n) is 19.0. The van der Waals surface area contributed by atoms with Crippen LogP contribution >= 0.6 is 0 Å². The summed E-state index contributed by atoms with van der Waals surface area (Å²) in [6.07, 6.45) is 7.76. The Hall–Kier alpha value is -9.90. The number of benzene rings is 10. The summed E-state index contributed by atoms with van der Waals surface area (Å²) in [5, 5.41) is 4.89. The first-order valence-electron chi connectivity index (χ1n) is 25.2. The maximum Gasteiger partial charge on any atom is 0.0541 e. The molecular formula is C70H46N4. The SMILES string of the molecule is c1ccc(-c2ccc3c(c2)c2cc(-c4ccccc4)ccc2n3-c2ccc(-c3cnccc3-c3ccncc3-c3ccc(-n4c5ccc(-c6ccccc6)cc5c5cc(-c6ccccc6)ccc54)cc3)cc2)cc1. The number of nitrogens with zero attached hydrogens (tertiary/aromatic N) is 4. The Morgan fingerprint density at radius 2 is 0.486 bits per heavy atom. The smallest absolute Gasteiger partial charge is 0.0541 e. The van der Waals surface area contributed by atoms with Crippen molar-refractivity contribution in [3.63, 3.8) is 0 Å². The molecule has 0 saturated heterocycles. The summed E-state index contributed by atoms with van der Waals surface area (Å²) in [5.74, 6) is 0. The lowest BCUT2D eigenvalue weighted by atomic mass is 9.91. The first-order chi connectivity index (χ1) is 36.7. The predicted octanol–water partition coefficient (Wildman–Crippen LogP) is 18.3. The fourth-order valence-electron chi connectivity index (χ4n) is 11.1. The van der Waals surface area contributed by atoms with E-state index in [9.17, 15) is 0 Å².